The lowest BCUT2D eigenvalue weighted by Gasteiger charge is -2.16. The molecule has 1 saturated heterocycles. The number of anilines is 1. The Balaban J connectivity index is 1.50. The zero-order valence-corrected chi connectivity index (χ0v) is 16.7. The van der Waals surface area contributed by atoms with Crippen molar-refractivity contribution in [3.05, 3.63) is 84.4 Å². The van der Waals surface area contributed by atoms with Crippen LogP contribution >= 0.6 is 0 Å². The predicted octanol–water partition coefficient (Wildman–Crippen LogP) is 4.39. The van der Waals surface area contributed by atoms with E-state index in [2.05, 4.69) is 5.32 Å². The highest BCUT2D eigenvalue weighted by Crippen LogP contribution is 2.24. The fourth-order valence-electron chi connectivity index (χ4n) is 3.46. The molecular weight excluding hydrogens is 384 g/mol. The smallest absolute Gasteiger partial charge is 0.255 e. The maximum atomic E-state index is 12.7. The van der Waals surface area contributed by atoms with Crippen molar-refractivity contribution in [3.8, 4) is 11.1 Å². The van der Waals surface area contributed by atoms with Crippen LogP contribution in [-0.2, 0) is 10.0 Å². The Hall–Kier alpha value is -2.96. The second-order valence-electron chi connectivity index (χ2n) is 7.04. The first-order valence-corrected chi connectivity index (χ1v) is 11.1. The summed E-state index contributed by atoms with van der Waals surface area (Å²) in [4.78, 5) is 12.8. The fourth-order valence-corrected chi connectivity index (χ4v) is 5.02. The molecule has 5 nitrogen and oxygen atoms in total. The molecule has 0 unspecified atom stereocenters. The third kappa shape index (κ3) is 4.23. The van der Waals surface area contributed by atoms with Gasteiger partial charge < -0.3 is 5.32 Å². The number of amides is 1. The average Bonchev–Trinajstić information content (AvgIpc) is 3.31. The second kappa shape index (κ2) is 8.19. The maximum absolute atomic E-state index is 12.7. The van der Waals surface area contributed by atoms with E-state index >= 15 is 0 Å². The lowest BCUT2D eigenvalue weighted by Crippen LogP contribution is -2.27. The standard InChI is InChI=1S/C23H22N2O3S/c26-23(20-13-11-19(12-14-20)18-7-2-1-3-8-18)24-21-9-6-10-22(17-21)29(27,28)25-15-4-5-16-25/h1-3,6-14,17H,4-5,15-16H2,(H,24,26). The number of sulfonamides is 1. The van der Waals surface area contributed by atoms with E-state index < -0.39 is 10.0 Å². The van der Waals surface area contributed by atoms with Crippen molar-refractivity contribution in [3.63, 3.8) is 0 Å². The Morgan fingerprint density at radius 1 is 0.793 bits per heavy atom. The minimum Gasteiger partial charge on any atom is -0.322 e. The number of nitrogens with one attached hydrogen (secondary N) is 1. The summed E-state index contributed by atoms with van der Waals surface area (Å²) in [5, 5.41) is 2.80. The molecular formula is C23H22N2O3S. The van der Waals surface area contributed by atoms with Gasteiger partial charge in [0.2, 0.25) is 10.0 Å². The summed E-state index contributed by atoms with van der Waals surface area (Å²) in [6.07, 6.45) is 1.77. The van der Waals surface area contributed by atoms with Gasteiger partial charge in [-0.25, -0.2) is 8.42 Å². The first-order valence-electron chi connectivity index (χ1n) is 9.61. The largest absolute Gasteiger partial charge is 0.322 e. The van der Waals surface area contributed by atoms with Crippen molar-refractivity contribution in [2.75, 3.05) is 18.4 Å². The van der Waals surface area contributed by atoms with E-state index in [0.29, 0.717) is 24.3 Å². The molecule has 148 valence electrons. The van der Waals surface area contributed by atoms with Gasteiger partial charge in [0, 0.05) is 24.3 Å². The van der Waals surface area contributed by atoms with Crippen molar-refractivity contribution in [2.45, 2.75) is 17.7 Å². The molecule has 0 radical (unpaired) electrons. The van der Waals surface area contributed by atoms with Crippen molar-refractivity contribution >= 4 is 21.6 Å². The Labute approximate surface area is 171 Å². The Morgan fingerprint density at radius 2 is 1.45 bits per heavy atom. The monoisotopic (exact) mass is 406 g/mol. The molecule has 0 aliphatic carbocycles. The molecule has 1 fully saturated rings. The van der Waals surface area contributed by atoms with E-state index in [-0.39, 0.29) is 10.8 Å². The lowest BCUT2D eigenvalue weighted by molar-refractivity contribution is 0.102. The topological polar surface area (TPSA) is 66.5 Å². The summed E-state index contributed by atoms with van der Waals surface area (Å²) < 4.78 is 27.0. The van der Waals surface area contributed by atoms with Crippen LogP contribution in [0.15, 0.2) is 83.8 Å². The summed E-state index contributed by atoms with van der Waals surface area (Å²) in [5.74, 6) is -0.277. The van der Waals surface area contributed by atoms with E-state index in [0.717, 1.165) is 24.0 Å². The molecule has 1 heterocycles. The molecule has 3 aromatic rings. The number of benzene rings is 3. The zero-order valence-electron chi connectivity index (χ0n) is 15.9. The van der Waals surface area contributed by atoms with Crippen molar-refractivity contribution in [2.24, 2.45) is 0 Å². The number of carbonyl (C=O) groups excluding carboxylic acids is 1. The number of nitrogens with zero attached hydrogens (tertiary/aromatic N) is 1. The van der Waals surface area contributed by atoms with Gasteiger partial charge in [-0.05, 0) is 54.3 Å². The van der Waals surface area contributed by atoms with E-state index in [4.69, 9.17) is 0 Å². The van der Waals surface area contributed by atoms with E-state index in [1.165, 1.54) is 10.4 Å². The van der Waals surface area contributed by atoms with Gasteiger partial charge in [-0.2, -0.15) is 4.31 Å². The van der Waals surface area contributed by atoms with Gasteiger partial charge in [-0.1, -0.05) is 48.5 Å². The van der Waals surface area contributed by atoms with E-state index in [9.17, 15) is 13.2 Å². The first-order chi connectivity index (χ1) is 14.0. The van der Waals surface area contributed by atoms with Gasteiger partial charge in [0.15, 0.2) is 0 Å². The molecule has 6 heteroatoms. The van der Waals surface area contributed by atoms with Gasteiger partial charge in [0.25, 0.3) is 5.91 Å². The fraction of sp³-hybridized carbons (Fsp3) is 0.174. The van der Waals surface area contributed by atoms with Crippen LogP contribution in [0.4, 0.5) is 5.69 Å². The minimum atomic E-state index is -3.52. The summed E-state index contributed by atoms with van der Waals surface area (Å²) in [5.41, 5.74) is 3.08. The maximum Gasteiger partial charge on any atom is 0.255 e. The van der Waals surface area contributed by atoms with Gasteiger partial charge in [0.1, 0.15) is 0 Å². The van der Waals surface area contributed by atoms with E-state index in [1.54, 1.807) is 30.3 Å². The molecule has 1 N–H and O–H groups in total. The number of rotatable bonds is 5. The van der Waals surface area contributed by atoms with Crippen molar-refractivity contribution in [1.29, 1.82) is 0 Å². The first kappa shape index (κ1) is 19.4. The molecule has 0 saturated carbocycles. The van der Waals surface area contributed by atoms with Gasteiger partial charge in [-0.3, -0.25) is 4.79 Å². The molecule has 1 amide bonds. The average molecular weight is 407 g/mol. The molecule has 4 rings (SSSR count). The zero-order chi connectivity index (χ0) is 20.3. The summed E-state index contributed by atoms with van der Waals surface area (Å²) in [6, 6.07) is 23.7. The van der Waals surface area contributed by atoms with Crippen LogP contribution in [0.2, 0.25) is 0 Å². The predicted molar refractivity (Wildman–Crippen MR) is 114 cm³/mol. The molecule has 29 heavy (non-hydrogen) atoms. The molecule has 0 bridgehead atoms. The molecule has 3 aromatic carbocycles. The van der Waals surface area contributed by atoms with E-state index in [1.807, 2.05) is 42.5 Å². The highest BCUT2D eigenvalue weighted by Gasteiger charge is 2.27. The Morgan fingerprint density at radius 3 is 2.14 bits per heavy atom. The molecule has 0 spiro atoms. The van der Waals surface area contributed by atoms with Crippen LogP contribution in [0, 0.1) is 0 Å². The van der Waals surface area contributed by atoms with Crippen LogP contribution in [0.1, 0.15) is 23.2 Å². The summed E-state index contributed by atoms with van der Waals surface area (Å²) >= 11 is 0. The van der Waals surface area contributed by atoms with Crippen molar-refractivity contribution < 1.29 is 13.2 Å². The summed E-state index contributed by atoms with van der Waals surface area (Å²) in [7, 11) is -3.52. The molecule has 1 aliphatic rings. The highest BCUT2D eigenvalue weighted by atomic mass is 32.2. The SMILES string of the molecule is O=C(Nc1cccc(S(=O)(=O)N2CCCC2)c1)c1ccc(-c2ccccc2)cc1. The lowest BCUT2D eigenvalue weighted by atomic mass is 10.0. The van der Waals surface area contributed by atoms with Gasteiger partial charge in [-0.15, -0.1) is 0 Å². The number of carbonyl (C=O) groups is 1. The van der Waals surface area contributed by atoms with Crippen LogP contribution in [0.5, 0.6) is 0 Å². The van der Waals surface area contributed by atoms with Crippen LogP contribution < -0.4 is 5.32 Å². The normalized spacial score (nSPS) is 14.6. The quantitative estimate of drug-likeness (QED) is 0.683. The van der Waals surface area contributed by atoms with Crippen LogP contribution in [-0.4, -0.2) is 31.7 Å². The van der Waals surface area contributed by atoms with Gasteiger partial charge in [0.05, 0.1) is 4.90 Å². The third-order valence-corrected chi connectivity index (χ3v) is 6.94. The Kier molecular flexibility index (Phi) is 5.47. The third-order valence-electron chi connectivity index (χ3n) is 5.05. The molecule has 0 atom stereocenters. The Bertz CT molecular complexity index is 1100. The number of hydrogen-bond donors (Lipinski definition) is 1. The summed E-state index contributed by atoms with van der Waals surface area (Å²) in [6.45, 7) is 1.10. The van der Waals surface area contributed by atoms with Crippen LogP contribution in [0.25, 0.3) is 11.1 Å². The van der Waals surface area contributed by atoms with Crippen LogP contribution in [0.3, 0.4) is 0 Å². The molecule has 0 aromatic heterocycles. The van der Waals surface area contributed by atoms with Crippen molar-refractivity contribution in [1.82, 2.24) is 4.31 Å². The number of hydrogen-bond acceptors (Lipinski definition) is 3. The highest BCUT2D eigenvalue weighted by molar-refractivity contribution is 7.89. The minimum absolute atomic E-state index is 0.205. The second-order valence-corrected chi connectivity index (χ2v) is 8.97. The molecule has 1 aliphatic heterocycles. The van der Waals surface area contributed by atoms with Gasteiger partial charge >= 0.3 is 0 Å².